The molecule has 0 aromatic heterocycles. The van der Waals surface area contributed by atoms with E-state index >= 15 is 0 Å². The van der Waals surface area contributed by atoms with Crippen LogP contribution in [0.3, 0.4) is 0 Å². The summed E-state index contributed by atoms with van der Waals surface area (Å²) in [5.74, 6) is 0.971. The van der Waals surface area contributed by atoms with Gasteiger partial charge in [-0.05, 0) is 24.6 Å². The first-order chi connectivity index (χ1) is 8.60. The minimum atomic E-state index is -0.437. The largest absolute Gasteiger partial charge is 0.497 e. The van der Waals surface area contributed by atoms with Crippen molar-refractivity contribution >= 4 is 18.4 Å². The molecule has 0 saturated heterocycles. The molecular formula is C13H20ClNO4. The number of benzene rings is 1. The van der Waals surface area contributed by atoms with Gasteiger partial charge < -0.3 is 19.9 Å². The lowest BCUT2D eigenvalue weighted by atomic mass is 10.0. The number of halogens is 1. The number of carbonyl (C=O) groups excluding carboxylic acids is 1. The Balaban J connectivity index is 0.00000324. The molecule has 5 nitrogen and oxygen atoms in total. The highest BCUT2D eigenvalue weighted by Crippen LogP contribution is 2.26. The van der Waals surface area contributed by atoms with Gasteiger partial charge in [-0.25, -0.2) is 0 Å². The number of ether oxygens (including phenoxy) is 3. The maximum atomic E-state index is 11.4. The second-order valence-electron chi connectivity index (χ2n) is 3.76. The number of esters is 1. The molecule has 19 heavy (non-hydrogen) atoms. The fourth-order valence-electron chi connectivity index (χ4n) is 1.56. The molecule has 1 unspecified atom stereocenters. The van der Waals surface area contributed by atoms with Crippen LogP contribution in [0.1, 0.15) is 24.9 Å². The highest BCUT2D eigenvalue weighted by atomic mass is 35.5. The third-order valence-corrected chi connectivity index (χ3v) is 2.49. The molecule has 1 aromatic rings. The molecule has 1 atom stereocenters. The van der Waals surface area contributed by atoms with Crippen LogP contribution < -0.4 is 15.2 Å². The quantitative estimate of drug-likeness (QED) is 0.812. The van der Waals surface area contributed by atoms with Gasteiger partial charge in [0, 0.05) is 12.1 Å². The van der Waals surface area contributed by atoms with Crippen LogP contribution in [0.2, 0.25) is 0 Å². The summed E-state index contributed by atoms with van der Waals surface area (Å²) in [5, 5.41) is 0. The summed E-state index contributed by atoms with van der Waals surface area (Å²) < 4.78 is 15.2. The lowest BCUT2D eigenvalue weighted by Gasteiger charge is -2.14. The van der Waals surface area contributed by atoms with E-state index in [4.69, 9.17) is 19.9 Å². The van der Waals surface area contributed by atoms with Crippen LogP contribution in [0.15, 0.2) is 18.2 Å². The third-order valence-electron chi connectivity index (χ3n) is 2.49. The second-order valence-corrected chi connectivity index (χ2v) is 3.76. The Morgan fingerprint density at radius 3 is 2.16 bits per heavy atom. The maximum Gasteiger partial charge on any atom is 0.307 e. The predicted octanol–water partition coefficient (Wildman–Crippen LogP) is 2.08. The summed E-state index contributed by atoms with van der Waals surface area (Å²) in [7, 11) is 3.13. The van der Waals surface area contributed by atoms with E-state index in [1.807, 2.05) is 0 Å². The van der Waals surface area contributed by atoms with Crippen LogP contribution in [-0.4, -0.2) is 26.8 Å². The van der Waals surface area contributed by atoms with Gasteiger partial charge in [-0.2, -0.15) is 0 Å². The molecule has 0 aliphatic carbocycles. The number of nitrogens with two attached hydrogens (primary N) is 1. The molecule has 0 fully saturated rings. The van der Waals surface area contributed by atoms with Crippen LogP contribution in [0.4, 0.5) is 0 Å². The minimum Gasteiger partial charge on any atom is -0.497 e. The predicted molar refractivity (Wildman–Crippen MR) is 75.0 cm³/mol. The van der Waals surface area contributed by atoms with Crippen LogP contribution in [0, 0.1) is 0 Å². The standard InChI is InChI=1S/C13H19NO4.ClH/c1-4-18-13(15)8-12(14)9-5-10(16-2)7-11(6-9)17-3;/h5-7,12H,4,8,14H2,1-3H3;1H. The van der Waals surface area contributed by atoms with Crippen molar-refractivity contribution in [1.82, 2.24) is 0 Å². The van der Waals surface area contributed by atoms with Gasteiger partial charge in [-0.1, -0.05) is 0 Å². The van der Waals surface area contributed by atoms with E-state index in [1.165, 1.54) is 0 Å². The van der Waals surface area contributed by atoms with Gasteiger partial charge in [-0.15, -0.1) is 12.4 Å². The Morgan fingerprint density at radius 2 is 1.74 bits per heavy atom. The summed E-state index contributed by atoms with van der Waals surface area (Å²) >= 11 is 0. The van der Waals surface area contributed by atoms with Crippen molar-refractivity contribution in [2.75, 3.05) is 20.8 Å². The van der Waals surface area contributed by atoms with Crippen LogP contribution in [0.5, 0.6) is 11.5 Å². The number of methoxy groups -OCH3 is 2. The Kier molecular flexibility index (Phi) is 7.95. The van der Waals surface area contributed by atoms with E-state index in [1.54, 1.807) is 39.3 Å². The van der Waals surface area contributed by atoms with E-state index in [2.05, 4.69) is 0 Å². The Hall–Kier alpha value is -1.46. The zero-order chi connectivity index (χ0) is 13.5. The smallest absolute Gasteiger partial charge is 0.307 e. The van der Waals surface area contributed by atoms with E-state index in [0.717, 1.165) is 5.56 Å². The lowest BCUT2D eigenvalue weighted by molar-refractivity contribution is -0.143. The minimum absolute atomic E-state index is 0. The van der Waals surface area contributed by atoms with Crippen molar-refractivity contribution in [1.29, 1.82) is 0 Å². The fourth-order valence-corrected chi connectivity index (χ4v) is 1.56. The highest BCUT2D eigenvalue weighted by molar-refractivity contribution is 5.85. The van der Waals surface area contributed by atoms with E-state index in [9.17, 15) is 4.79 Å². The molecular weight excluding hydrogens is 270 g/mol. The van der Waals surface area contributed by atoms with Gasteiger partial charge in [0.2, 0.25) is 0 Å². The normalized spacial score (nSPS) is 11.2. The average molecular weight is 290 g/mol. The van der Waals surface area contributed by atoms with Crippen LogP contribution >= 0.6 is 12.4 Å². The second kappa shape index (κ2) is 8.61. The third kappa shape index (κ3) is 5.36. The first-order valence-electron chi connectivity index (χ1n) is 5.74. The number of hydrogen-bond acceptors (Lipinski definition) is 5. The molecule has 0 aliphatic rings. The van der Waals surface area contributed by atoms with E-state index in [-0.39, 0.29) is 24.8 Å². The molecule has 0 radical (unpaired) electrons. The summed E-state index contributed by atoms with van der Waals surface area (Å²) in [5.41, 5.74) is 6.74. The molecule has 0 spiro atoms. The molecule has 0 bridgehead atoms. The van der Waals surface area contributed by atoms with Crippen molar-refractivity contribution in [3.05, 3.63) is 23.8 Å². The summed E-state index contributed by atoms with van der Waals surface area (Å²) in [6, 6.07) is 4.88. The van der Waals surface area contributed by atoms with E-state index in [0.29, 0.717) is 18.1 Å². The Labute approximate surface area is 119 Å². The van der Waals surface area contributed by atoms with Crippen molar-refractivity contribution in [2.24, 2.45) is 5.73 Å². The fraction of sp³-hybridized carbons (Fsp3) is 0.462. The van der Waals surface area contributed by atoms with Gasteiger partial charge in [0.15, 0.2) is 0 Å². The van der Waals surface area contributed by atoms with Crippen molar-refractivity contribution in [3.8, 4) is 11.5 Å². The topological polar surface area (TPSA) is 70.8 Å². The average Bonchev–Trinajstić information content (AvgIpc) is 2.38. The maximum absolute atomic E-state index is 11.4. The number of rotatable bonds is 6. The Morgan fingerprint density at radius 1 is 1.21 bits per heavy atom. The van der Waals surface area contributed by atoms with Crippen molar-refractivity contribution in [3.63, 3.8) is 0 Å². The van der Waals surface area contributed by atoms with Gasteiger partial charge in [0.05, 0.1) is 27.2 Å². The van der Waals surface area contributed by atoms with Crippen LogP contribution in [0.25, 0.3) is 0 Å². The summed E-state index contributed by atoms with van der Waals surface area (Å²) in [6.45, 7) is 2.12. The molecule has 1 rings (SSSR count). The lowest BCUT2D eigenvalue weighted by Crippen LogP contribution is -2.17. The number of carbonyl (C=O) groups is 1. The van der Waals surface area contributed by atoms with Gasteiger partial charge >= 0.3 is 5.97 Å². The molecule has 0 saturated carbocycles. The van der Waals surface area contributed by atoms with Gasteiger partial charge in [0.25, 0.3) is 0 Å². The molecule has 108 valence electrons. The molecule has 2 N–H and O–H groups in total. The van der Waals surface area contributed by atoms with E-state index < -0.39 is 6.04 Å². The molecule has 0 amide bonds. The zero-order valence-corrected chi connectivity index (χ0v) is 12.2. The molecule has 0 aliphatic heterocycles. The Bertz CT molecular complexity index is 389. The SMILES string of the molecule is CCOC(=O)CC(N)c1cc(OC)cc(OC)c1.Cl. The first kappa shape index (κ1) is 17.5. The van der Waals surface area contributed by atoms with Crippen molar-refractivity contribution in [2.45, 2.75) is 19.4 Å². The molecule has 1 aromatic carbocycles. The van der Waals surface area contributed by atoms with Crippen molar-refractivity contribution < 1.29 is 19.0 Å². The zero-order valence-electron chi connectivity index (χ0n) is 11.3. The van der Waals surface area contributed by atoms with Crippen LogP contribution in [-0.2, 0) is 9.53 Å². The van der Waals surface area contributed by atoms with Gasteiger partial charge in [0.1, 0.15) is 11.5 Å². The summed E-state index contributed by atoms with van der Waals surface area (Å²) in [4.78, 5) is 11.4. The first-order valence-corrected chi connectivity index (χ1v) is 5.74. The highest BCUT2D eigenvalue weighted by Gasteiger charge is 2.14. The number of hydrogen-bond donors (Lipinski definition) is 1. The molecule has 6 heteroatoms. The van der Waals surface area contributed by atoms with Gasteiger partial charge in [-0.3, -0.25) is 4.79 Å². The molecule has 0 heterocycles. The summed E-state index contributed by atoms with van der Waals surface area (Å²) in [6.07, 6.45) is 0.129. The monoisotopic (exact) mass is 289 g/mol.